The second-order valence-electron chi connectivity index (χ2n) is 6.91. The highest BCUT2D eigenvalue weighted by Crippen LogP contribution is 2.33. The number of benzene rings is 2. The van der Waals surface area contributed by atoms with Crippen molar-refractivity contribution in [2.45, 2.75) is 32.8 Å². The Balaban J connectivity index is 1.62. The zero-order valence-electron chi connectivity index (χ0n) is 15.7. The summed E-state index contributed by atoms with van der Waals surface area (Å²) in [6, 6.07) is 18.4. The standard InChI is InChI=1S/C22H24N4O/c1-16(2)27-20-12-6-4-10-18(20)24-22-23-14-13-21(25-22)26-15-7-9-17-8-3-5-11-19(17)26/h3-6,8,10-14,16H,7,9,15H2,1-2H3,(H,23,24,25). The number of nitrogens with one attached hydrogen (secondary N) is 1. The number of nitrogens with zero attached hydrogens (tertiary/aromatic N) is 3. The van der Waals surface area contributed by atoms with E-state index in [1.807, 2.05) is 44.2 Å². The Morgan fingerprint density at radius 2 is 1.85 bits per heavy atom. The predicted octanol–water partition coefficient (Wildman–Crippen LogP) is 5.09. The fourth-order valence-electron chi connectivity index (χ4n) is 3.38. The molecular formula is C22H24N4O. The first-order chi connectivity index (χ1) is 13.2. The monoisotopic (exact) mass is 360 g/mol. The average molecular weight is 360 g/mol. The van der Waals surface area contributed by atoms with Gasteiger partial charge in [-0.15, -0.1) is 0 Å². The molecule has 0 spiro atoms. The molecule has 0 aliphatic carbocycles. The van der Waals surface area contributed by atoms with Crippen LogP contribution in [-0.2, 0) is 6.42 Å². The van der Waals surface area contributed by atoms with Crippen LogP contribution in [-0.4, -0.2) is 22.6 Å². The molecular weight excluding hydrogens is 336 g/mol. The smallest absolute Gasteiger partial charge is 0.229 e. The normalized spacial score (nSPS) is 13.4. The third kappa shape index (κ3) is 3.87. The first kappa shape index (κ1) is 17.3. The van der Waals surface area contributed by atoms with Gasteiger partial charge in [0.1, 0.15) is 11.6 Å². The Morgan fingerprint density at radius 1 is 1.04 bits per heavy atom. The first-order valence-electron chi connectivity index (χ1n) is 9.42. The van der Waals surface area contributed by atoms with Crippen LogP contribution in [0.4, 0.5) is 23.1 Å². The van der Waals surface area contributed by atoms with E-state index in [1.165, 1.54) is 11.3 Å². The van der Waals surface area contributed by atoms with Gasteiger partial charge in [-0.1, -0.05) is 30.3 Å². The molecule has 2 heterocycles. The van der Waals surface area contributed by atoms with E-state index in [1.54, 1.807) is 6.20 Å². The van der Waals surface area contributed by atoms with E-state index in [0.717, 1.165) is 36.6 Å². The molecule has 0 radical (unpaired) electrons. The molecule has 0 amide bonds. The largest absolute Gasteiger partial charge is 0.489 e. The number of hydrogen-bond donors (Lipinski definition) is 1. The molecule has 138 valence electrons. The number of ether oxygens (including phenoxy) is 1. The summed E-state index contributed by atoms with van der Waals surface area (Å²) in [4.78, 5) is 11.4. The first-order valence-corrected chi connectivity index (χ1v) is 9.42. The molecule has 5 heteroatoms. The van der Waals surface area contributed by atoms with Gasteiger partial charge in [0, 0.05) is 18.4 Å². The van der Waals surface area contributed by atoms with E-state index in [2.05, 4.69) is 39.5 Å². The predicted molar refractivity (Wildman–Crippen MR) is 109 cm³/mol. The van der Waals surface area contributed by atoms with Gasteiger partial charge in [-0.3, -0.25) is 0 Å². The van der Waals surface area contributed by atoms with Gasteiger partial charge in [0.2, 0.25) is 5.95 Å². The summed E-state index contributed by atoms with van der Waals surface area (Å²) in [5.74, 6) is 2.27. The molecule has 27 heavy (non-hydrogen) atoms. The Labute approximate surface area is 160 Å². The lowest BCUT2D eigenvalue weighted by atomic mass is 10.0. The van der Waals surface area contributed by atoms with Crippen molar-refractivity contribution in [3.8, 4) is 5.75 Å². The van der Waals surface area contributed by atoms with Crippen molar-refractivity contribution in [3.05, 3.63) is 66.4 Å². The van der Waals surface area contributed by atoms with Crippen LogP contribution in [0.3, 0.4) is 0 Å². The summed E-state index contributed by atoms with van der Waals surface area (Å²) in [5.41, 5.74) is 3.46. The van der Waals surface area contributed by atoms with Crippen molar-refractivity contribution in [2.75, 3.05) is 16.8 Å². The quantitative estimate of drug-likeness (QED) is 0.687. The van der Waals surface area contributed by atoms with Gasteiger partial charge in [0.25, 0.3) is 0 Å². The topological polar surface area (TPSA) is 50.3 Å². The van der Waals surface area contributed by atoms with Gasteiger partial charge >= 0.3 is 0 Å². The summed E-state index contributed by atoms with van der Waals surface area (Å²) in [5, 5.41) is 3.31. The number of aromatic nitrogens is 2. The van der Waals surface area contributed by atoms with Crippen molar-refractivity contribution in [1.82, 2.24) is 9.97 Å². The second kappa shape index (κ2) is 7.66. The molecule has 2 aromatic carbocycles. The molecule has 0 saturated heterocycles. The highest BCUT2D eigenvalue weighted by Gasteiger charge is 2.19. The van der Waals surface area contributed by atoms with Gasteiger partial charge in [0.15, 0.2) is 0 Å². The van der Waals surface area contributed by atoms with Gasteiger partial charge < -0.3 is 15.0 Å². The lowest BCUT2D eigenvalue weighted by molar-refractivity contribution is 0.244. The highest BCUT2D eigenvalue weighted by molar-refractivity contribution is 5.67. The fourth-order valence-corrected chi connectivity index (χ4v) is 3.38. The van der Waals surface area contributed by atoms with Crippen molar-refractivity contribution in [2.24, 2.45) is 0 Å². The summed E-state index contributed by atoms with van der Waals surface area (Å²) in [6.45, 7) is 4.99. The van der Waals surface area contributed by atoms with E-state index in [9.17, 15) is 0 Å². The molecule has 0 atom stereocenters. The second-order valence-corrected chi connectivity index (χ2v) is 6.91. The number of anilines is 4. The van der Waals surface area contributed by atoms with Gasteiger partial charge in [-0.25, -0.2) is 4.98 Å². The number of hydrogen-bond acceptors (Lipinski definition) is 5. The van der Waals surface area contributed by atoms with Crippen LogP contribution in [0.1, 0.15) is 25.8 Å². The fraction of sp³-hybridized carbons (Fsp3) is 0.273. The molecule has 1 aliphatic heterocycles. The Morgan fingerprint density at radius 3 is 2.74 bits per heavy atom. The van der Waals surface area contributed by atoms with Crippen molar-refractivity contribution >= 4 is 23.1 Å². The maximum absolute atomic E-state index is 5.88. The molecule has 1 N–H and O–H groups in total. The van der Waals surface area contributed by atoms with Crippen LogP contribution >= 0.6 is 0 Å². The molecule has 0 saturated carbocycles. The lowest BCUT2D eigenvalue weighted by Gasteiger charge is -2.30. The Hall–Kier alpha value is -3.08. The summed E-state index contributed by atoms with van der Waals surface area (Å²) in [6.07, 6.45) is 4.14. The summed E-state index contributed by atoms with van der Waals surface area (Å²) in [7, 11) is 0. The molecule has 3 aromatic rings. The average Bonchev–Trinajstić information content (AvgIpc) is 2.69. The van der Waals surface area contributed by atoms with Crippen LogP contribution in [0.2, 0.25) is 0 Å². The van der Waals surface area contributed by atoms with Crippen molar-refractivity contribution in [3.63, 3.8) is 0 Å². The SMILES string of the molecule is CC(C)Oc1ccccc1Nc1nccc(N2CCCc3ccccc32)n1. The number of para-hydroxylation sites is 3. The van der Waals surface area contributed by atoms with Crippen LogP contribution in [0.5, 0.6) is 5.75 Å². The minimum absolute atomic E-state index is 0.102. The minimum Gasteiger partial charge on any atom is -0.489 e. The number of aryl methyl sites for hydroxylation is 1. The molecule has 4 rings (SSSR count). The summed E-state index contributed by atoms with van der Waals surface area (Å²) >= 11 is 0. The van der Waals surface area contributed by atoms with E-state index < -0.39 is 0 Å². The molecule has 0 fully saturated rings. The van der Waals surface area contributed by atoms with Crippen LogP contribution in [0.25, 0.3) is 0 Å². The molecule has 1 aliphatic rings. The van der Waals surface area contributed by atoms with E-state index >= 15 is 0 Å². The molecule has 5 nitrogen and oxygen atoms in total. The Kier molecular flexibility index (Phi) is 4.92. The van der Waals surface area contributed by atoms with Crippen LogP contribution < -0.4 is 15.0 Å². The third-order valence-corrected chi connectivity index (χ3v) is 4.52. The zero-order chi connectivity index (χ0) is 18.6. The number of rotatable bonds is 5. The van der Waals surface area contributed by atoms with Crippen LogP contribution in [0, 0.1) is 0 Å². The maximum atomic E-state index is 5.88. The number of fused-ring (bicyclic) bond motifs is 1. The molecule has 0 unspecified atom stereocenters. The molecule has 1 aromatic heterocycles. The third-order valence-electron chi connectivity index (χ3n) is 4.52. The Bertz CT molecular complexity index is 925. The molecule has 0 bridgehead atoms. The summed E-state index contributed by atoms with van der Waals surface area (Å²) < 4.78 is 5.88. The highest BCUT2D eigenvalue weighted by atomic mass is 16.5. The van der Waals surface area contributed by atoms with E-state index in [-0.39, 0.29) is 6.10 Å². The van der Waals surface area contributed by atoms with E-state index in [0.29, 0.717) is 5.95 Å². The zero-order valence-corrected chi connectivity index (χ0v) is 15.7. The van der Waals surface area contributed by atoms with Crippen molar-refractivity contribution < 1.29 is 4.74 Å². The van der Waals surface area contributed by atoms with E-state index in [4.69, 9.17) is 9.72 Å². The van der Waals surface area contributed by atoms with Gasteiger partial charge in [0.05, 0.1) is 11.8 Å². The maximum Gasteiger partial charge on any atom is 0.229 e. The van der Waals surface area contributed by atoms with Gasteiger partial charge in [-0.2, -0.15) is 4.98 Å². The minimum atomic E-state index is 0.102. The van der Waals surface area contributed by atoms with Crippen LogP contribution in [0.15, 0.2) is 60.8 Å². The van der Waals surface area contributed by atoms with Crippen molar-refractivity contribution in [1.29, 1.82) is 0 Å². The van der Waals surface area contributed by atoms with Gasteiger partial charge in [-0.05, 0) is 56.5 Å². The lowest BCUT2D eigenvalue weighted by Crippen LogP contribution is -2.25.